The number of carbonyl (C=O) groups excluding carboxylic acids is 1. The Kier molecular flexibility index (Phi) is 7.20. The van der Waals surface area contributed by atoms with E-state index in [2.05, 4.69) is 5.32 Å². The van der Waals surface area contributed by atoms with Gasteiger partial charge < -0.3 is 20.6 Å². The van der Waals surface area contributed by atoms with Crippen molar-refractivity contribution in [3.8, 4) is 0 Å². The minimum Gasteiger partial charge on any atom is -0.465 e. The summed E-state index contributed by atoms with van der Waals surface area (Å²) in [6.45, 7) is 0.0931. The fourth-order valence-corrected chi connectivity index (χ4v) is 3.83. The molecular weight excluding hydrogens is 492 g/mol. The van der Waals surface area contributed by atoms with Crippen LogP contribution in [-0.2, 0) is 12.4 Å². The Balaban J connectivity index is 1.82. The van der Waals surface area contributed by atoms with Gasteiger partial charge in [-0.1, -0.05) is 23.7 Å². The molecule has 3 amide bonds. The molecule has 0 spiro atoms. The summed E-state index contributed by atoms with van der Waals surface area (Å²) in [5.41, 5.74) is -3.16. The molecule has 6 nitrogen and oxygen atoms in total. The molecule has 1 saturated heterocycles. The van der Waals surface area contributed by atoms with E-state index in [1.165, 1.54) is 0 Å². The molecule has 0 aliphatic carbocycles. The Hall–Kier alpha value is -3.15. The monoisotopic (exact) mass is 509 g/mol. The highest BCUT2D eigenvalue weighted by atomic mass is 35.5. The number of halogens is 7. The van der Waals surface area contributed by atoms with Gasteiger partial charge in [0, 0.05) is 35.8 Å². The van der Waals surface area contributed by atoms with Crippen LogP contribution in [0.1, 0.15) is 29.0 Å². The third-order valence-corrected chi connectivity index (χ3v) is 5.60. The normalized spacial score (nSPS) is 19.0. The first-order valence-corrected chi connectivity index (χ1v) is 10.2. The number of alkyl halides is 6. The Morgan fingerprint density at radius 1 is 0.971 bits per heavy atom. The number of piperidine rings is 1. The Labute approximate surface area is 194 Å². The first-order chi connectivity index (χ1) is 15.7. The highest BCUT2D eigenvalue weighted by Crippen LogP contribution is 2.37. The molecule has 1 fully saturated rings. The summed E-state index contributed by atoms with van der Waals surface area (Å²) in [6.07, 6.45) is -11.1. The molecule has 1 aliphatic heterocycles. The van der Waals surface area contributed by atoms with Gasteiger partial charge in [0.05, 0.1) is 11.1 Å². The van der Waals surface area contributed by atoms with E-state index in [1.807, 2.05) is 5.32 Å². The molecule has 0 bridgehead atoms. The van der Waals surface area contributed by atoms with Gasteiger partial charge in [-0.3, -0.25) is 0 Å². The van der Waals surface area contributed by atoms with Crippen LogP contribution < -0.4 is 10.6 Å². The number of rotatable bonds is 3. The van der Waals surface area contributed by atoms with Gasteiger partial charge in [0.25, 0.3) is 0 Å². The molecular formula is C21H18ClF6N3O3. The fourth-order valence-electron chi connectivity index (χ4n) is 3.71. The minimum atomic E-state index is -5.06. The summed E-state index contributed by atoms with van der Waals surface area (Å²) in [5.74, 6) is -0.528. The van der Waals surface area contributed by atoms with E-state index in [4.69, 9.17) is 11.6 Å². The molecule has 0 radical (unpaired) electrons. The molecule has 2 atom stereocenters. The lowest BCUT2D eigenvalue weighted by Crippen LogP contribution is -2.51. The third-order valence-electron chi connectivity index (χ3n) is 5.34. The van der Waals surface area contributed by atoms with E-state index in [-0.39, 0.29) is 25.6 Å². The summed E-state index contributed by atoms with van der Waals surface area (Å²) in [5, 5.41) is 14.3. The van der Waals surface area contributed by atoms with Crippen LogP contribution >= 0.6 is 11.6 Å². The van der Waals surface area contributed by atoms with Crippen molar-refractivity contribution in [2.24, 2.45) is 0 Å². The number of amides is 3. The number of urea groups is 1. The van der Waals surface area contributed by atoms with Crippen LogP contribution in [0.5, 0.6) is 0 Å². The molecule has 0 aromatic heterocycles. The average molecular weight is 510 g/mol. The minimum absolute atomic E-state index is 0.0176. The van der Waals surface area contributed by atoms with Crippen LogP contribution in [0.3, 0.4) is 0 Å². The number of anilines is 1. The largest absolute Gasteiger partial charge is 0.465 e. The molecule has 1 heterocycles. The van der Waals surface area contributed by atoms with Gasteiger partial charge in [0.2, 0.25) is 0 Å². The third kappa shape index (κ3) is 6.25. The van der Waals surface area contributed by atoms with Gasteiger partial charge in [0.15, 0.2) is 0 Å². The van der Waals surface area contributed by atoms with Crippen molar-refractivity contribution in [3.05, 3.63) is 64.2 Å². The molecule has 184 valence electrons. The zero-order valence-corrected chi connectivity index (χ0v) is 17.9. The SMILES string of the molecule is O=C(Nc1cc(C(F)(F)F)cc(C(F)(F)F)c1)N[C@@H]1CCN(C(=O)O)C[C@H]1c1ccc(Cl)cc1. The maximum absolute atomic E-state index is 13.1. The predicted molar refractivity (Wildman–Crippen MR) is 111 cm³/mol. The molecule has 0 saturated carbocycles. The zero-order valence-electron chi connectivity index (χ0n) is 17.2. The molecule has 13 heteroatoms. The van der Waals surface area contributed by atoms with Crippen LogP contribution in [0.25, 0.3) is 0 Å². The lowest BCUT2D eigenvalue weighted by Gasteiger charge is -2.38. The van der Waals surface area contributed by atoms with Crippen molar-refractivity contribution >= 4 is 29.4 Å². The molecule has 2 aromatic carbocycles. The van der Waals surface area contributed by atoms with Crippen molar-refractivity contribution in [1.82, 2.24) is 10.2 Å². The highest BCUT2D eigenvalue weighted by molar-refractivity contribution is 6.30. The molecule has 1 aliphatic rings. The smallest absolute Gasteiger partial charge is 0.416 e. The second-order valence-corrected chi connectivity index (χ2v) is 8.11. The Morgan fingerprint density at radius 3 is 2.03 bits per heavy atom. The standard InChI is InChI=1S/C21H18ClF6N3O3/c22-14-3-1-11(2-4-14)16-10-31(19(33)34)6-5-17(16)30-18(32)29-15-8-12(20(23,24)25)7-13(9-15)21(26,27)28/h1-4,7-9,16-17H,5-6,10H2,(H,33,34)(H2,29,30,32)/t16-,17+/m0/s1. The Morgan fingerprint density at radius 2 is 1.53 bits per heavy atom. The second-order valence-electron chi connectivity index (χ2n) is 7.67. The van der Waals surface area contributed by atoms with Crippen LogP contribution in [0, 0.1) is 0 Å². The van der Waals surface area contributed by atoms with E-state index >= 15 is 0 Å². The summed E-state index contributed by atoms with van der Waals surface area (Å²) in [7, 11) is 0. The van der Waals surface area contributed by atoms with Crippen molar-refractivity contribution in [3.63, 3.8) is 0 Å². The average Bonchev–Trinajstić information content (AvgIpc) is 2.73. The van der Waals surface area contributed by atoms with E-state index < -0.39 is 53.3 Å². The summed E-state index contributed by atoms with van der Waals surface area (Å²) < 4.78 is 78.3. The number of carboxylic acid groups (broad SMARTS) is 1. The van der Waals surface area contributed by atoms with Gasteiger partial charge in [-0.25, -0.2) is 9.59 Å². The van der Waals surface area contributed by atoms with Crippen molar-refractivity contribution in [2.45, 2.75) is 30.7 Å². The van der Waals surface area contributed by atoms with E-state index in [0.29, 0.717) is 22.7 Å². The first-order valence-electron chi connectivity index (χ1n) is 9.84. The van der Waals surface area contributed by atoms with Crippen molar-refractivity contribution in [1.29, 1.82) is 0 Å². The molecule has 2 aromatic rings. The fraction of sp³-hybridized carbons (Fsp3) is 0.333. The molecule has 3 rings (SSSR count). The van der Waals surface area contributed by atoms with Gasteiger partial charge in [-0.05, 0) is 42.3 Å². The van der Waals surface area contributed by atoms with E-state index in [0.717, 1.165) is 4.90 Å². The van der Waals surface area contributed by atoms with E-state index in [9.17, 15) is 41.0 Å². The Bertz CT molecular complexity index is 1030. The maximum atomic E-state index is 13.1. The maximum Gasteiger partial charge on any atom is 0.416 e. The van der Waals surface area contributed by atoms with Crippen molar-refractivity contribution in [2.75, 3.05) is 18.4 Å². The van der Waals surface area contributed by atoms with Gasteiger partial charge in [-0.15, -0.1) is 0 Å². The van der Waals surface area contributed by atoms with Crippen molar-refractivity contribution < 1.29 is 41.0 Å². The van der Waals surface area contributed by atoms with Crippen LogP contribution in [0.15, 0.2) is 42.5 Å². The number of hydrogen-bond acceptors (Lipinski definition) is 2. The summed E-state index contributed by atoms with van der Waals surface area (Å²) >= 11 is 5.89. The summed E-state index contributed by atoms with van der Waals surface area (Å²) in [6, 6.07) is 5.54. The molecule has 34 heavy (non-hydrogen) atoms. The topological polar surface area (TPSA) is 81.7 Å². The van der Waals surface area contributed by atoms with E-state index in [1.54, 1.807) is 24.3 Å². The number of likely N-dealkylation sites (tertiary alicyclic amines) is 1. The number of hydrogen-bond donors (Lipinski definition) is 3. The van der Waals surface area contributed by atoms with Crippen LogP contribution in [-0.4, -0.2) is 41.3 Å². The van der Waals surface area contributed by atoms with Crippen LogP contribution in [0.2, 0.25) is 5.02 Å². The second kappa shape index (κ2) is 9.61. The highest BCUT2D eigenvalue weighted by Gasteiger charge is 2.37. The lowest BCUT2D eigenvalue weighted by atomic mass is 9.86. The number of nitrogens with zero attached hydrogens (tertiary/aromatic N) is 1. The molecule has 3 N–H and O–H groups in total. The summed E-state index contributed by atoms with van der Waals surface area (Å²) in [4.78, 5) is 25.1. The van der Waals surface area contributed by atoms with Gasteiger partial charge in [-0.2, -0.15) is 26.3 Å². The quantitative estimate of drug-likeness (QED) is 0.442. The number of carbonyl (C=O) groups is 2. The van der Waals surface area contributed by atoms with Crippen LogP contribution in [0.4, 0.5) is 41.6 Å². The number of benzene rings is 2. The van der Waals surface area contributed by atoms with Gasteiger partial charge in [0.1, 0.15) is 0 Å². The molecule has 0 unspecified atom stereocenters. The van der Waals surface area contributed by atoms with Gasteiger partial charge >= 0.3 is 24.5 Å². The first kappa shape index (κ1) is 25.5. The zero-order chi connectivity index (χ0) is 25.3. The predicted octanol–water partition coefficient (Wildman–Crippen LogP) is 6.04. The lowest BCUT2D eigenvalue weighted by molar-refractivity contribution is -0.143. The number of nitrogens with one attached hydrogen (secondary N) is 2.